The van der Waals surface area contributed by atoms with Gasteiger partial charge in [0.2, 0.25) is 3.79 Å². The van der Waals surface area contributed by atoms with E-state index in [1.165, 1.54) is 0 Å². The second-order valence-electron chi connectivity index (χ2n) is 1.12. The van der Waals surface area contributed by atoms with Crippen LogP contribution in [0.5, 0.6) is 0 Å². The van der Waals surface area contributed by atoms with Gasteiger partial charge < -0.3 is 0 Å². The summed E-state index contributed by atoms with van der Waals surface area (Å²) in [4.78, 5) is 0. The molecule has 0 N–H and O–H groups in total. The zero-order valence-electron chi connectivity index (χ0n) is 3.47. The average Bonchev–Trinajstić information content (AvgIpc) is 1.25. The average molecular weight is 234 g/mol. The van der Waals surface area contributed by atoms with E-state index in [4.69, 9.17) is 58.0 Å². The molecule has 8 heavy (non-hydrogen) atoms. The fourth-order valence-corrected chi connectivity index (χ4v) is 0. The van der Waals surface area contributed by atoms with Gasteiger partial charge in [0.25, 0.3) is 0 Å². The first-order valence-electron chi connectivity index (χ1n) is 1.48. The third-order valence-electron chi connectivity index (χ3n) is 0.378. The van der Waals surface area contributed by atoms with Crippen LogP contribution in [-0.4, -0.2) is 7.87 Å². The highest BCUT2D eigenvalue weighted by atomic mass is 35.6. The van der Waals surface area contributed by atoms with E-state index in [0.29, 0.717) is 0 Å². The molecule has 0 aromatic rings. The molecular weight excluding hydrogens is 232 g/mol. The predicted molar refractivity (Wildman–Crippen MR) is 44.4 cm³/mol. The zero-order chi connectivity index (χ0) is 7.00. The predicted octanol–water partition coefficient (Wildman–Crippen LogP) is 3.36. The van der Waals surface area contributed by atoms with E-state index in [9.17, 15) is 0 Å². The second kappa shape index (κ2) is 2.86. The fourth-order valence-electron chi connectivity index (χ4n) is 0. The number of hydrogen-bond donors (Lipinski definition) is 0. The molecule has 0 aromatic carbocycles. The molecule has 0 spiro atoms. The molecule has 0 aromatic heterocycles. The van der Waals surface area contributed by atoms with Crippen LogP contribution in [0.15, 0.2) is 0 Å². The number of alkyl halides is 5. The van der Waals surface area contributed by atoms with Crippen LogP contribution < -0.4 is 0 Å². The Morgan fingerprint density at radius 1 is 0.875 bits per heavy atom. The normalized spacial score (nSPS) is 14.2. The van der Waals surface area contributed by atoms with Crippen LogP contribution >= 0.6 is 67.2 Å². The van der Waals surface area contributed by atoms with Gasteiger partial charge in [0.1, 0.15) is 0 Å². The minimum Gasteiger partial charge on any atom is -0.0940 e. The van der Waals surface area contributed by atoms with E-state index >= 15 is 0 Å². The highest BCUT2D eigenvalue weighted by Gasteiger charge is 2.41. The molecule has 0 saturated heterocycles. The Hall–Kier alpha value is 1.88. The quantitative estimate of drug-likeness (QED) is 0.445. The molecule has 6 heteroatoms. The van der Waals surface area contributed by atoms with Crippen LogP contribution in [0.1, 0.15) is 0 Å². The van der Waals surface area contributed by atoms with Gasteiger partial charge in [-0.2, -0.15) is 0 Å². The van der Waals surface area contributed by atoms with E-state index < -0.39 is 7.87 Å². The van der Waals surface area contributed by atoms with Crippen molar-refractivity contribution in [2.45, 2.75) is 7.87 Å². The van der Waals surface area contributed by atoms with Crippen LogP contribution in [0.4, 0.5) is 0 Å². The zero-order valence-corrected chi connectivity index (χ0v) is 8.40. The fraction of sp³-hybridized carbons (Fsp3) is 1.00. The van der Waals surface area contributed by atoms with Crippen molar-refractivity contribution in [2.75, 3.05) is 0 Å². The summed E-state index contributed by atoms with van der Waals surface area (Å²) in [7, 11) is 2.00. The summed E-state index contributed by atoms with van der Waals surface area (Å²) in [5, 5.41) is 0. The summed E-state index contributed by atoms with van der Waals surface area (Å²) in [5.74, 6) is 0. The number of rotatable bonds is 0. The first kappa shape index (κ1) is 9.88. The molecule has 0 nitrogen and oxygen atoms in total. The third-order valence-corrected chi connectivity index (χ3v) is 3.40. The maximum absolute atomic E-state index is 5.34. The maximum atomic E-state index is 5.34. The first-order valence-corrected chi connectivity index (χ1v) is 3.95. The summed E-state index contributed by atoms with van der Waals surface area (Å²) in [6.07, 6.45) is 0. The molecule has 0 aliphatic carbocycles. The van der Waals surface area contributed by atoms with Gasteiger partial charge in [-0.15, -0.1) is 0 Å². The van der Waals surface area contributed by atoms with Crippen LogP contribution in [0.25, 0.3) is 0 Å². The Kier molecular flexibility index (Phi) is 3.53. The van der Waals surface area contributed by atoms with Gasteiger partial charge in [-0.3, -0.25) is 0 Å². The lowest BCUT2D eigenvalue weighted by Crippen LogP contribution is -2.22. The van der Waals surface area contributed by atoms with Gasteiger partial charge in [-0.05, 0) is 0 Å². The van der Waals surface area contributed by atoms with E-state index in [-0.39, 0.29) is 0 Å². The van der Waals surface area contributed by atoms with Crippen LogP contribution in [0, 0.1) is 0 Å². The SMILES string of the molecule is PC(Cl)(Cl)C(Cl)(Cl)Cl. The minimum absolute atomic E-state index is 1.41. The van der Waals surface area contributed by atoms with Gasteiger partial charge in [-0.25, -0.2) is 0 Å². The summed E-state index contributed by atoms with van der Waals surface area (Å²) >= 11 is 26.4. The Balaban J connectivity index is 4.02. The summed E-state index contributed by atoms with van der Waals surface area (Å²) in [6, 6.07) is 0. The van der Waals surface area contributed by atoms with Crippen LogP contribution in [-0.2, 0) is 0 Å². The van der Waals surface area contributed by atoms with Gasteiger partial charge in [0.05, 0.1) is 0 Å². The van der Waals surface area contributed by atoms with Gasteiger partial charge in [0.15, 0.2) is 4.07 Å². The molecule has 0 amide bonds. The Morgan fingerprint density at radius 2 is 1.00 bits per heavy atom. The third kappa shape index (κ3) is 3.15. The van der Waals surface area contributed by atoms with Gasteiger partial charge in [-0.1, -0.05) is 67.2 Å². The van der Waals surface area contributed by atoms with Crippen LogP contribution in [0.2, 0.25) is 0 Å². The van der Waals surface area contributed by atoms with Crippen molar-refractivity contribution in [3.8, 4) is 0 Å². The molecule has 50 valence electrons. The summed E-state index contributed by atoms with van der Waals surface area (Å²) in [5.41, 5.74) is 0. The first-order chi connectivity index (χ1) is 3.25. The molecule has 0 radical (unpaired) electrons. The van der Waals surface area contributed by atoms with Crippen molar-refractivity contribution in [1.82, 2.24) is 0 Å². The molecule has 0 aliphatic rings. The standard InChI is InChI=1S/C2H2Cl5P/c3-1(4,5)2(6,7)8/h8H2. The van der Waals surface area contributed by atoms with Crippen LogP contribution in [0.3, 0.4) is 0 Å². The molecule has 1 atom stereocenters. The highest BCUT2D eigenvalue weighted by Crippen LogP contribution is 2.49. The maximum Gasteiger partial charge on any atom is 0.226 e. The van der Waals surface area contributed by atoms with Crippen molar-refractivity contribution >= 4 is 67.2 Å². The van der Waals surface area contributed by atoms with E-state index in [1.807, 2.05) is 9.24 Å². The topological polar surface area (TPSA) is 0 Å². The largest absolute Gasteiger partial charge is 0.226 e. The molecule has 1 unspecified atom stereocenters. The Labute approximate surface area is 75.0 Å². The monoisotopic (exact) mass is 232 g/mol. The lowest BCUT2D eigenvalue weighted by Gasteiger charge is -2.21. The molecule has 0 fully saturated rings. The smallest absolute Gasteiger partial charge is 0.0940 e. The summed E-state index contributed by atoms with van der Waals surface area (Å²) < 4.78 is -3.06. The number of hydrogen-bond acceptors (Lipinski definition) is 0. The molecule has 0 rings (SSSR count). The minimum atomic E-state index is -1.65. The summed E-state index contributed by atoms with van der Waals surface area (Å²) in [6.45, 7) is 0. The van der Waals surface area contributed by atoms with Gasteiger partial charge >= 0.3 is 0 Å². The molecule has 0 heterocycles. The van der Waals surface area contributed by atoms with Crippen molar-refractivity contribution < 1.29 is 0 Å². The van der Waals surface area contributed by atoms with Crippen molar-refractivity contribution in [3.05, 3.63) is 0 Å². The van der Waals surface area contributed by atoms with E-state index in [0.717, 1.165) is 0 Å². The molecule has 0 aliphatic heterocycles. The lowest BCUT2D eigenvalue weighted by molar-refractivity contribution is 1.12. The van der Waals surface area contributed by atoms with Crippen molar-refractivity contribution in [2.24, 2.45) is 0 Å². The Morgan fingerprint density at radius 3 is 1.00 bits per heavy atom. The number of halogens is 5. The van der Waals surface area contributed by atoms with Crippen molar-refractivity contribution in [1.29, 1.82) is 0 Å². The lowest BCUT2D eigenvalue weighted by atomic mass is 10.9. The van der Waals surface area contributed by atoms with E-state index in [1.54, 1.807) is 0 Å². The molecular formula is C2H2Cl5P. The Bertz CT molecular complexity index is 65.4. The molecule has 0 saturated carbocycles. The van der Waals surface area contributed by atoms with E-state index in [2.05, 4.69) is 0 Å². The molecule has 0 bridgehead atoms. The van der Waals surface area contributed by atoms with Crippen molar-refractivity contribution in [3.63, 3.8) is 0 Å². The second-order valence-corrected chi connectivity index (χ2v) is 6.39. The highest BCUT2D eigenvalue weighted by molar-refractivity contribution is 7.29. The van der Waals surface area contributed by atoms with Gasteiger partial charge in [0, 0.05) is 0 Å².